The Hall–Kier alpha value is -2.70. The van der Waals surface area contributed by atoms with Crippen molar-refractivity contribution >= 4 is 11.7 Å². The lowest BCUT2D eigenvalue weighted by molar-refractivity contribution is 0.0690. The topological polar surface area (TPSA) is 93.5 Å². The SMILES string of the molecule is Cc1nc2nc(C(=O)O)cc(-c3ccc(C)o3)n2n1. The normalized spacial score (nSPS) is 11.1. The fourth-order valence-corrected chi connectivity index (χ4v) is 1.83. The molecule has 0 spiro atoms. The van der Waals surface area contributed by atoms with Crippen molar-refractivity contribution < 1.29 is 14.3 Å². The van der Waals surface area contributed by atoms with E-state index in [-0.39, 0.29) is 11.5 Å². The van der Waals surface area contributed by atoms with Crippen LogP contribution in [0.3, 0.4) is 0 Å². The van der Waals surface area contributed by atoms with Gasteiger partial charge in [0.2, 0.25) is 0 Å². The number of aryl methyl sites for hydroxylation is 2. The first-order chi connectivity index (χ1) is 9.04. The van der Waals surface area contributed by atoms with Crippen LogP contribution in [0.4, 0.5) is 0 Å². The Bertz CT molecular complexity index is 787. The summed E-state index contributed by atoms with van der Waals surface area (Å²) in [4.78, 5) is 19.1. The third kappa shape index (κ3) is 1.85. The van der Waals surface area contributed by atoms with Crippen LogP contribution in [0, 0.1) is 13.8 Å². The summed E-state index contributed by atoms with van der Waals surface area (Å²) in [6, 6.07) is 4.97. The smallest absolute Gasteiger partial charge is 0.354 e. The number of carboxylic acids is 1. The summed E-state index contributed by atoms with van der Waals surface area (Å²) in [5, 5.41) is 13.3. The molecule has 0 unspecified atom stereocenters. The van der Waals surface area contributed by atoms with Crippen LogP contribution in [0.2, 0.25) is 0 Å². The number of fused-ring (bicyclic) bond motifs is 1. The number of aromatic nitrogens is 4. The monoisotopic (exact) mass is 258 g/mol. The molecule has 1 N–H and O–H groups in total. The molecule has 3 heterocycles. The number of hydrogen-bond donors (Lipinski definition) is 1. The molecular formula is C12H10N4O3. The predicted octanol–water partition coefficient (Wildman–Crippen LogP) is 1.70. The average molecular weight is 258 g/mol. The average Bonchev–Trinajstić information content (AvgIpc) is 2.92. The maximum Gasteiger partial charge on any atom is 0.354 e. The van der Waals surface area contributed by atoms with Gasteiger partial charge in [0.15, 0.2) is 11.5 Å². The Labute approximate surface area is 107 Å². The molecule has 19 heavy (non-hydrogen) atoms. The second kappa shape index (κ2) is 3.91. The zero-order valence-corrected chi connectivity index (χ0v) is 10.3. The van der Waals surface area contributed by atoms with E-state index in [0.717, 1.165) is 5.76 Å². The van der Waals surface area contributed by atoms with E-state index < -0.39 is 5.97 Å². The molecule has 0 aliphatic carbocycles. The molecule has 0 saturated carbocycles. The van der Waals surface area contributed by atoms with Crippen LogP contribution in [0.25, 0.3) is 17.2 Å². The number of furan rings is 1. The molecule has 0 amide bonds. The number of hydrogen-bond acceptors (Lipinski definition) is 5. The summed E-state index contributed by atoms with van der Waals surface area (Å²) < 4.78 is 6.98. The molecule has 0 aliphatic rings. The molecule has 0 fully saturated rings. The molecule has 0 radical (unpaired) electrons. The molecule has 7 heteroatoms. The Kier molecular flexibility index (Phi) is 2.34. The van der Waals surface area contributed by atoms with Crippen LogP contribution in [0.15, 0.2) is 22.6 Å². The molecule has 0 aliphatic heterocycles. The van der Waals surface area contributed by atoms with E-state index in [0.29, 0.717) is 17.3 Å². The zero-order chi connectivity index (χ0) is 13.6. The van der Waals surface area contributed by atoms with Crippen molar-refractivity contribution in [2.45, 2.75) is 13.8 Å². The molecule has 0 saturated heterocycles. The lowest BCUT2D eigenvalue weighted by atomic mass is 10.2. The van der Waals surface area contributed by atoms with Gasteiger partial charge in [-0.15, -0.1) is 5.10 Å². The Morgan fingerprint density at radius 3 is 2.74 bits per heavy atom. The van der Waals surface area contributed by atoms with Gasteiger partial charge in [-0.05, 0) is 26.0 Å². The predicted molar refractivity (Wildman–Crippen MR) is 64.9 cm³/mol. The summed E-state index contributed by atoms with van der Waals surface area (Å²) >= 11 is 0. The third-order valence-electron chi connectivity index (χ3n) is 2.63. The molecule has 3 aromatic rings. The summed E-state index contributed by atoms with van der Waals surface area (Å²) in [5.41, 5.74) is 0.417. The maximum absolute atomic E-state index is 11.1. The van der Waals surface area contributed by atoms with Gasteiger partial charge in [-0.3, -0.25) is 0 Å². The summed E-state index contributed by atoms with van der Waals surface area (Å²) in [5.74, 6) is 0.889. The van der Waals surface area contributed by atoms with Crippen molar-refractivity contribution in [3.63, 3.8) is 0 Å². The van der Waals surface area contributed by atoms with E-state index in [1.807, 2.05) is 6.92 Å². The van der Waals surface area contributed by atoms with Gasteiger partial charge in [0, 0.05) is 6.07 Å². The van der Waals surface area contributed by atoms with Crippen molar-refractivity contribution in [3.05, 3.63) is 35.5 Å². The third-order valence-corrected chi connectivity index (χ3v) is 2.63. The molecule has 7 nitrogen and oxygen atoms in total. The van der Waals surface area contributed by atoms with Crippen molar-refractivity contribution in [2.75, 3.05) is 0 Å². The van der Waals surface area contributed by atoms with Crippen LogP contribution in [0.1, 0.15) is 22.1 Å². The molecule has 0 atom stereocenters. The van der Waals surface area contributed by atoms with Crippen molar-refractivity contribution in [2.24, 2.45) is 0 Å². The highest BCUT2D eigenvalue weighted by molar-refractivity contribution is 5.87. The molecule has 3 rings (SSSR count). The van der Waals surface area contributed by atoms with Crippen LogP contribution < -0.4 is 0 Å². The number of nitrogens with zero attached hydrogens (tertiary/aromatic N) is 4. The van der Waals surface area contributed by atoms with Gasteiger partial charge in [0.25, 0.3) is 5.78 Å². The van der Waals surface area contributed by atoms with Gasteiger partial charge in [0.05, 0.1) is 0 Å². The number of aromatic carboxylic acids is 1. The van der Waals surface area contributed by atoms with Gasteiger partial charge in [-0.2, -0.15) is 9.50 Å². The Morgan fingerprint density at radius 2 is 2.11 bits per heavy atom. The van der Waals surface area contributed by atoms with E-state index in [2.05, 4.69) is 15.1 Å². The highest BCUT2D eigenvalue weighted by atomic mass is 16.4. The largest absolute Gasteiger partial charge is 0.477 e. The minimum atomic E-state index is -1.12. The molecule has 0 bridgehead atoms. The Balaban J connectivity index is 2.34. The Morgan fingerprint density at radius 1 is 1.32 bits per heavy atom. The number of carboxylic acid groups (broad SMARTS) is 1. The van der Waals surface area contributed by atoms with Gasteiger partial charge < -0.3 is 9.52 Å². The van der Waals surface area contributed by atoms with E-state index in [1.165, 1.54) is 10.6 Å². The summed E-state index contributed by atoms with van der Waals surface area (Å²) in [6.07, 6.45) is 0. The van der Waals surface area contributed by atoms with Crippen molar-refractivity contribution in [3.8, 4) is 11.5 Å². The van der Waals surface area contributed by atoms with Crippen molar-refractivity contribution in [1.29, 1.82) is 0 Å². The van der Waals surface area contributed by atoms with Crippen LogP contribution in [-0.2, 0) is 0 Å². The minimum Gasteiger partial charge on any atom is -0.477 e. The van der Waals surface area contributed by atoms with E-state index in [9.17, 15) is 4.79 Å². The van der Waals surface area contributed by atoms with E-state index in [4.69, 9.17) is 9.52 Å². The second-order valence-corrected chi connectivity index (χ2v) is 4.11. The number of carbonyl (C=O) groups is 1. The summed E-state index contributed by atoms with van der Waals surface area (Å²) in [6.45, 7) is 3.53. The van der Waals surface area contributed by atoms with E-state index in [1.54, 1.807) is 19.1 Å². The first-order valence-corrected chi connectivity index (χ1v) is 5.59. The molecular weight excluding hydrogens is 248 g/mol. The van der Waals surface area contributed by atoms with Gasteiger partial charge in [-0.25, -0.2) is 9.78 Å². The van der Waals surface area contributed by atoms with Crippen LogP contribution in [-0.4, -0.2) is 30.7 Å². The highest BCUT2D eigenvalue weighted by Gasteiger charge is 2.16. The molecule has 3 aromatic heterocycles. The lowest BCUT2D eigenvalue weighted by Gasteiger charge is -2.02. The first-order valence-electron chi connectivity index (χ1n) is 5.59. The van der Waals surface area contributed by atoms with Gasteiger partial charge in [0.1, 0.15) is 17.3 Å². The standard InChI is InChI=1S/C12H10N4O3/c1-6-3-4-10(19-6)9-5-8(11(17)18)14-12-13-7(2)15-16(9)12/h3-5H,1-2H3,(H,17,18). The van der Waals surface area contributed by atoms with Gasteiger partial charge in [-0.1, -0.05) is 0 Å². The highest BCUT2D eigenvalue weighted by Crippen LogP contribution is 2.22. The van der Waals surface area contributed by atoms with Crippen molar-refractivity contribution in [1.82, 2.24) is 19.6 Å². The second-order valence-electron chi connectivity index (χ2n) is 4.11. The molecule has 96 valence electrons. The number of rotatable bonds is 2. The van der Waals surface area contributed by atoms with Crippen LogP contribution in [0.5, 0.6) is 0 Å². The fourth-order valence-electron chi connectivity index (χ4n) is 1.83. The van der Waals surface area contributed by atoms with Crippen LogP contribution >= 0.6 is 0 Å². The quantitative estimate of drug-likeness (QED) is 0.751. The minimum absolute atomic E-state index is 0.0936. The zero-order valence-electron chi connectivity index (χ0n) is 10.3. The lowest BCUT2D eigenvalue weighted by Crippen LogP contribution is -2.05. The first kappa shape index (κ1) is 11.4. The fraction of sp³-hybridized carbons (Fsp3) is 0.167. The maximum atomic E-state index is 11.1. The summed E-state index contributed by atoms with van der Waals surface area (Å²) in [7, 11) is 0. The van der Waals surface area contributed by atoms with E-state index >= 15 is 0 Å². The molecule has 0 aromatic carbocycles. The van der Waals surface area contributed by atoms with Gasteiger partial charge >= 0.3 is 5.97 Å².